The number of rotatable bonds is 2. The van der Waals surface area contributed by atoms with E-state index in [9.17, 15) is 4.79 Å². The maximum absolute atomic E-state index is 10.8. The molecule has 0 unspecified atom stereocenters. The molecule has 0 spiro atoms. The number of nitrogens with two attached hydrogens (primary N) is 1. The van der Waals surface area contributed by atoms with Gasteiger partial charge >= 0.3 is 0 Å². The second-order valence-electron chi connectivity index (χ2n) is 2.25. The van der Waals surface area contributed by atoms with Gasteiger partial charge in [0.2, 0.25) is 0 Å². The van der Waals surface area contributed by atoms with E-state index in [1.807, 2.05) is 6.08 Å². The summed E-state index contributed by atoms with van der Waals surface area (Å²) in [5.41, 5.74) is 6.10. The molecular weight excluding hydrogens is 114 g/mol. The molecule has 50 valence electrons. The lowest BCUT2D eigenvalue weighted by Crippen LogP contribution is -2.14. The molecule has 2 heteroatoms. The molecule has 9 heavy (non-hydrogen) atoms. The Hall–Kier alpha value is -0.630. The first-order valence-electron chi connectivity index (χ1n) is 3.27. The SMILES string of the molecule is NCC(=O)C1=CCCC1. The summed E-state index contributed by atoms with van der Waals surface area (Å²) in [5.74, 6) is 0.118. The molecule has 0 aliphatic heterocycles. The average molecular weight is 125 g/mol. The minimum atomic E-state index is 0.118. The second-order valence-corrected chi connectivity index (χ2v) is 2.25. The van der Waals surface area contributed by atoms with Crippen LogP contribution in [0.15, 0.2) is 11.6 Å². The van der Waals surface area contributed by atoms with Crippen LogP contribution in [0.1, 0.15) is 19.3 Å². The van der Waals surface area contributed by atoms with Crippen molar-refractivity contribution in [2.24, 2.45) is 5.73 Å². The number of Topliss-reactive ketones (excluding diaryl/α,β-unsaturated/α-hetero) is 1. The van der Waals surface area contributed by atoms with E-state index < -0.39 is 0 Å². The van der Waals surface area contributed by atoms with Gasteiger partial charge in [-0.05, 0) is 24.8 Å². The second kappa shape index (κ2) is 2.78. The highest BCUT2D eigenvalue weighted by molar-refractivity contribution is 5.97. The number of allylic oxidation sites excluding steroid dienone is 1. The first-order chi connectivity index (χ1) is 4.34. The molecule has 2 N–H and O–H groups in total. The van der Waals surface area contributed by atoms with Gasteiger partial charge in [-0.3, -0.25) is 4.79 Å². The van der Waals surface area contributed by atoms with Gasteiger partial charge in [-0.15, -0.1) is 0 Å². The Balaban J connectivity index is 2.51. The van der Waals surface area contributed by atoms with Crippen molar-refractivity contribution < 1.29 is 4.79 Å². The number of hydrogen-bond donors (Lipinski definition) is 1. The first-order valence-corrected chi connectivity index (χ1v) is 3.27. The first kappa shape index (κ1) is 6.49. The van der Waals surface area contributed by atoms with Crippen molar-refractivity contribution in [1.82, 2.24) is 0 Å². The summed E-state index contributed by atoms with van der Waals surface area (Å²) in [6, 6.07) is 0. The van der Waals surface area contributed by atoms with Crippen LogP contribution in [0.5, 0.6) is 0 Å². The molecule has 1 aliphatic rings. The molecule has 0 saturated heterocycles. The molecule has 0 heterocycles. The molecule has 1 rings (SSSR count). The van der Waals surface area contributed by atoms with Gasteiger partial charge in [0.05, 0.1) is 6.54 Å². The Morgan fingerprint density at radius 1 is 1.78 bits per heavy atom. The molecule has 0 saturated carbocycles. The van der Waals surface area contributed by atoms with Crippen LogP contribution in [0.25, 0.3) is 0 Å². The number of ketones is 1. The van der Waals surface area contributed by atoms with Gasteiger partial charge in [-0.2, -0.15) is 0 Å². The standard InChI is InChI=1S/C7H11NO/c8-5-7(9)6-3-1-2-4-6/h3H,1-2,4-5,8H2. The van der Waals surface area contributed by atoms with Gasteiger partial charge < -0.3 is 5.73 Å². The van der Waals surface area contributed by atoms with E-state index in [2.05, 4.69) is 0 Å². The van der Waals surface area contributed by atoms with E-state index in [0.717, 1.165) is 24.8 Å². The highest BCUT2D eigenvalue weighted by Gasteiger charge is 2.10. The van der Waals surface area contributed by atoms with Crippen molar-refractivity contribution >= 4 is 5.78 Å². The van der Waals surface area contributed by atoms with Crippen LogP contribution in [0.3, 0.4) is 0 Å². The van der Waals surface area contributed by atoms with Crippen LogP contribution in [-0.2, 0) is 4.79 Å². The molecule has 0 amide bonds. The largest absolute Gasteiger partial charge is 0.324 e. The van der Waals surface area contributed by atoms with Gasteiger partial charge in [0.15, 0.2) is 5.78 Å². The van der Waals surface area contributed by atoms with Gasteiger partial charge in [-0.25, -0.2) is 0 Å². The molecule has 1 aliphatic carbocycles. The smallest absolute Gasteiger partial charge is 0.172 e. The van der Waals surface area contributed by atoms with Crippen LogP contribution in [0, 0.1) is 0 Å². The molecule has 0 aromatic carbocycles. The molecule has 0 aromatic rings. The summed E-state index contributed by atoms with van der Waals surface area (Å²) in [5, 5.41) is 0. The minimum absolute atomic E-state index is 0.118. The van der Waals surface area contributed by atoms with Crippen molar-refractivity contribution in [2.75, 3.05) is 6.54 Å². The maximum Gasteiger partial charge on any atom is 0.172 e. The molecule has 0 radical (unpaired) electrons. The van der Waals surface area contributed by atoms with E-state index in [1.54, 1.807) is 0 Å². The molecule has 2 nitrogen and oxygen atoms in total. The molecular formula is C7H11NO. The third-order valence-corrected chi connectivity index (χ3v) is 1.58. The fourth-order valence-electron chi connectivity index (χ4n) is 1.06. The summed E-state index contributed by atoms with van der Waals surface area (Å²) in [6.07, 6.45) is 5.12. The summed E-state index contributed by atoms with van der Waals surface area (Å²) in [6.45, 7) is 0.172. The quantitative estimate of drug-likeness (QED) is 0.588. The fraction of sp³-hybridized carbons (Fsp3) is 0.571. The fourth-order valence-corrected chi connectivity index (χ4v) is 1.06. The predicted molar refractivity (Wildman–Crippen MR) is 36.0 cm³/mol. The van der Waals surface area contributed by atoms with Crippen LogP contribution in [0.4, 0.5) is 0 Å². The lowest BCUT2D eigenvalue weighted by Gasteiger charge is -1.93. The van der Waals surface area contributed by atoms with Crippen molar-refractivity contribution in [2.45, 2.75) is 19.3 Å². The van der Waals surface area contributed by atoms with Crippen LogP contribution in [0.2, 0.25) is 0 Å². The van der Waals surface area contributed by atoms with E-state index >= 15 is 0 Å². The summed E-state index contributed by atoms with van der Waals surface area (Å²) >= 11 is 0. The van der Waals surface area contributed by atoms with Crippen LogP contribution < -0.4 is 5.73 Å². The van der Waals surface area contributed by atoms with Crippen molar-refractivity contribution in [1.29, 1.82) is 0 Å². The Labute approximate surface area is 54.7 Å². The summed E-state index contributed by atoms with van der Waals surface area (Å²) < 4.78 is 0. The normalized spacial score (nSPS) is 17.7. The molecule has 0 bridgehead atoms. The number of carbonyl (C=O) groups is 1. The Morgan fingerprint density at radius 3 is 3.00 bits per heavy atom. The molecule has 0 atom stereocenters. The van der Waals surface area contributed by atoms with Crippen LogP contribution >= 0.6 is 0 Å². The predicted octanol–water partition coefficient (Wildman–Crippen LogP) is 0.624. The van der Waals surface area contributed by atoms with E-state index in [-0.39, 0.29) is 12.3 Å². The lowest BCUT2D eigenvalue weighted by molar-refractivity contribution is -0.114. The third-order valence-electron chi connectivity index (χ3n) is 1.58. The lowest BCUT2D eigenvalue weighted by atomic mass is 10.1. The van der Waals surface area contributed by atoms with E-state index in [4.69, 9.17) is 5.73 Å². The minimum Gasteiger partial charge on any atom is -0.324 e. The van der Waals surface area contributed by atoms with E-state index in [1.165, 1.54) is 0 Å². The van der Waals surface area contributed by atoms with Crippen molar-refractivity contribution in [3.63, 3.8) is 0 Å². The van der Waals surface area contributed by atoms with Gasteiger partial charge in [0, 0.05) is 0 Å². The third kappa shape index (κ3) is 1.39. The zero-order valence-corrected chi connectivity index (χ0v) is 5.39. The van der Waals surface area contributed by atoms with Gasteiger partial charge in [0.1, 0.15) is 0 Å². The molecule has 0 fully saturated rings. The van der Waals surface area contributed by atoms with Gasteiger partial charge in [0.25, 0.3) is 0 Å². The monoisotopic (exact) mass is 125 g/mol. The van der Waals surface area contributed by atoms with E-state index in [0.29, 0.717) is 0 Å². The van der Waals surface area contributed by atoms with Gasteiger partial charge in [-0.1, -0.05) is 6.08 Å². The highest BCUT2D eigenvalue weighted by atomic mass is 16.1. The highest BCUT2D eigenvalue weighted by Crippen LogP contribution is 2.17. The van der Waals surface area contributed by atoms with Crippen LogP contribution in [-0.4, -0.2) is 12.3 Å². The Kier molecular flexibility index (Phi) is 2.01. The summed E-state index contributed by atoms with van der Waals surface area (Å²) in [7, 11) is 0. The summed E-state index contributed by atoms with van der Waals surface area (Å²) in [4.78, 5) is 10.8. The number of hydrogen-bond acceptors (Lipinski definition) is 2. The van der Waals surface area contributed by atoms with Crippen molar-refractivity contribution in [3.05, 3.63) is 11.6 Å². The Morgan fingerprint density at radius 2 is 2.56 bits per heavy atom. The topological polar surface area (TPSA) is 43.1 Å². The maximum atomic E-state index is 10.8. The average Bonchev–Trinajstić information content (AvgIpc) is 2.37. The zero-order valence-electron chi connectivity index (χ0n) is 5.39. The van der Waals surface area contributed by atoms with Crippen molar-refractivity contribution in [3.8, 4) is 0 Å². The molecule has 0 aromatic heterocycles. The number of carbonyl (C=O) groups excluding carboxylic acids is 1. The zero-order chi connectivity index (χ0) is 6.69. The Bertz CT molecular complexity index is 149.